The molecule has 5 N–H and O–H groups in total. The van der Waals surface area contributed by atoms with Crippen LogP contribution in [0.2, 0.25) is 0 Å². The molecule has 1 saturated carbocycles. The van der Waals surface area contributed by atoms with Crippen molar-refractivity contribution in [3.05, 3.63) is 70.8 Å². The Morgan fingerprint density at radius 1 is 1.26 bits per heavy atom. The first kappa shape index (κ1) is 25.4. The van der Waals surface area contributed by atoms with Crippen LogP contribution >= 0.6 is 0 Å². The van der Waals surface area contributed by atoms with Crippen LogP contribution in [0.4, 0.5) is 21.7 Å². The molecule has 1 fully saturated rings. The van der Waals surface area contributed by atoms with Crippen LogP contribution in [-0.2, 0) is 0 Å². The van der Waals surface area contributed by atoms with Gasteiger partial charge in [0, 0.05) is 11.6 Å². The minimum atomic E-state index is -0.531. The van der Waals surface area contributed by atoms with Gasteiger partial charge in [0.15, 0.2) is 0 Å². The van der Waals surface area contributed by atoms with E-state index < -0.39 is 12.0 Å². The molecule has 0 saturated heterocycles. The number of amides is 1. The van der Waals surface area contributed by atoms with E-state index in [9.17, 15) is 9.18 Å². The summed E-state index contributed by atoms with van der Waals surface area (Å²) in [5.74, 6) is 0.431. The van der Waals surface area contributed by atoms with Gasteiger partial charge in [-0.15, -0.1) is 0 Å². The average Bonchev–Trinajstić information content (AvgIpc) is 3.42. The number of nitrogens with zero attached hydrogens (tertiary/aromatic N) is 3. The molecule has 3 aromatic rings. The molecule has 2 atom stereocenters. The van der Waals surface area contributed by atoms with Crippen molar-refractivity contribution in [2.24, 2.45) is 0 Å². The number of aromatic nitrogens is 2. The summed E-state index contributed by atoms with van der Waals surface area (Å²) >= 11 is 0. The number of carbonyl (C=O) groups excluding carboxylic acids is 1. The van der Waals surface area contributed by atoms with E-state index >= 15 is 0 Å². The van der Waals surface area contributed by atoms with Crippen LogP contribution in [0.1, 0.15) is 59.7 Å². The molecule has 0 spiro atoms. The van der Waals surface area contributed by atoms with Crippen molar-refractivity contribution in [2.45, 2.75) is 57.8 Å². The third kappa shape index (κ3) is 4.51. The maximum Gasteiger partial charge on any atom is 0.260 e. The number of fused-ring (bicyclic) bond motifs is 1. The number of nitrogen functional groups attached to an aromatic ring is 1. The van der Waals surface area contributed by atoms with Crippen molar-refractivity contribution in [3.63, 3.8) is 0 Å². The molecule has 38 heavy (non-hydrogen) atoms. The zero-order valence-electron chi connectivity index (χ0n) is 21.7. The highest BCUT2D eigenvalue weighted by Gasteiger charge is 2.41. The number of rotatable bonds is 7. The first-order chi connectivity index (χ1) is 18.3. The standard InChI is InChI=1S/C28H32FN7O2/c1-15-13-17(11-12-21(15)38-3)24(30)23-25(31)32-14-33-26(23)34-16(2)27-35-20-10-6-9-19(29)22(20)28(37)36(27)18-7-4-5-8-18/h6,9-14,16,18,27,30,35H,4-5,7-8H2,1-3H3,(H3,31,32,33,34). The summed E-state index contributed by atoms with van der Waals surface area (Å²) in [7, 11) is 1.60. The zero-order chi connectivity index (χ0) is 27.0. The fourth-order valence-corrected chi connectivity index (χ4v) is 5.52. The van der Waals surface area contributed by atoms with Crippen molar-refractivity contribution in [3.8, 4) is 5.75 Å². The van der Waals surface area contributed by atoms with Gasteiger partial charge in [-0.1, -0.05) is 18.9 Å². The topological polar surface area (TPSA) is 129 Å². The smallest absolute Gasteiger partial charge is 0.260 e. The van der Waals surface area contributed by atoms with E-state index in [1.165, 1.54) is 12.4 Å². The van der Waals surface area contributed by atoms with Gasteiger partial charge < -0.3 is 26.0 Å². The lowest BCUT2D eigenvalue weighted by Gasteiger charge is -2.44. The first-order valence-electron chi connectivity index (χ1n) is 12.8. The van der Waals surface area contributed by atoms with E-state index in [1.807, 2.05) is 26.0 Å². The summed E-state index contributed by atoms with van der Waals surface area (Å²) in [4.78, 5) is 23.9. The Balaban J connectivity index is 1.48. The van der Waals surface area contributed by atoms with Gasteiger partial charge in [-0.2, -0.15) is 0 Å². The molecule has 2 aliphatic rings. The Bertz CT molecular complexity index is 1390. The fraction of sp³-hybridized carbons (Fsp3) is 0.357. The second-order valence-electron chi connectivity index (χ2n) is 9.88. The fourth-order valence-electron chi connectivity index (χ4n) is 5.52. The summed E-state index contributed by atoms with van der Waals surface area (Å²) in [6.45, 7) is 3.84. The van der Waals surface area contributed by atoms with Crippen molar-refractivity contribution < 1.29 is 13.9 Å². The van der Waals surface area contributed by atoms with E-state index in [4.69, 9.17) is 15.9 Å². The van der Waals surface area contributed by atoms with Crippen molar-refractivity contribution >= 4 is 28.9 Å². The van der Waals surface area contributed by atoms with Gasteiger partial charge >= 0.3 is 0 Å². The number of carbonyl (C=O) groups is 1. The van der Waals surface area contributed by atoms with Gasteiger partial charge in [0.2, 0.25) is 0 Å². The van der Waals surface area contributed by atoms with Crippen molar-refractivity contribution in [1.82, 2.24) is 14.9 Å². The maximum absolute atomic E-state index is 14.7. The van der Waals surface area contributed by atoms with Crippen LogP contribution in [0.15, 0.2) is 42.7 Å². The van der Waals surface area contributed by atoms with E-state index in [0.717, 1.165) is 37.0 Å². The quantitative estimate of drug-likeness (QED) is 0.338. The van der Waals surface area contributed by atoms with E-state index in [-0.39, 0.29) is 35.1 Å². The Kier molecular flexibility index (Phi) is 6.88. The van der Waals surface area contributed by atoms with E-state index in [2.05, 4.69) is 20.6 Å². The van der Waals surface area contributed by atoms with Gasteiger partial charge in [0.05, 0.1) is 35.7 Å². The van der Waals surface area contributed by atoms with Crippen LogP contribution in [0.3, 0.4) is 0 Å². The first-order valence-corrected chi connectivity index (χ1v) is 12.8. The van der Waals surface area contributed by atoms with Crippen LogP contribution in [0.25, 0.3) is 0 Å². The largest absolute Gasteiger partial charge is 0.496 e. The summed E-state index contributed by atoms with van der Waals surface area (Å²) < 4.78 is 20.1. The molecule has 10 heteroatoms. The highest BCUT2D eigenvalue weighted by molar-refractivity contribution is 6.16. The number of methoxy groups -OCH3 is 1. The molecular formula is C28H32FN7O2. The number of nitrogens with two attached hydrogens (primary N) is 1. The molecule has 1 aliphatic heterocycles. The third-order valence-corrected chi connectivity index (χ3v) is 7.43. The molecule has 2 unspecified atom stereocenters. The molecule has 198 valence electrons. The SMILES string of the molecule is COc1ccc(C(=N)c2c(N)ncnc2NC(C)C2Nc3cccc(F)c3C(=O)N2C2CCCC2)cc1C. The minimum absolute atomic E-state index is 0.00696. The van der Waals surface area contributed by atoms with E-state index in [0.29, 0.717) is 22.6 Å². The molecular weight excluding hydrogens is 485 g/mol. The van der Waals surface area contributed by atoms with Crippen LogP contribution in [0, 0.1) is 18.2 Å². The second-order valence-corrected chi connectivity index (χ2v) is 9.88. The number of ether oxygens (including phenoxy) is 1. The molecule has 1 amide bonds. The number of hydrogen-bond acceptors (Lipinski definition) is 8. The van der Waals surface area contributed by atoms with Gasteiger partial charge in [-0.25, -0.2) is 14.4 Å². The Labute approximate surface area is 221 Å². The van der Waals surface area contributed by atoms with Gasteiger partial charge in [-0.05, 0) is 62.6 Å². The summed E-state index contributed by atoms with van der Waals surface area (Å²) in [5.41, 5.74) is 8.85. The van der Waals surface area contributed by atoms with Crippen molar-refractivity contribution in [1.29, 1.82) is 5.41 Å². The van der Waals surface area contributed by atoms with Crippen LogP contribution < -0.4 is 21.1 Å². The Morgan fingerprint density at radius 3 is 2.74 bits per heavy atom. The molecule has 2 heterocycles. The molecule has 0 bridgehead atoms. The molecule has 2 aromatic carbocycles. The average molecular weight is 518 g/mol. The number of halogens is 1. The van der Waals surface area contributed by atoms with Crippen LogP contribution in [-0.4, -0.2) is 51.8 Å². The highest BCUT2D eigenvalue weighted by atomic mass is 19.1. The number of anilines is 3. The normalized spacial score (nSPS) is 18.1. The summed E-state index contributed by atoms with van der Waals surface area (Å²) in [6.07, 6.45) is 4.66. The highest BCUT2D eigenvalue weighted by Crippen LogP contribution is 2.35. The minimum Gasteiger partial charge on any atom is -0.496 e. The molecule has 1 aliphatic carbocycles. The predicted octanol–water partition coefficient (Wildman–Crippen LogP) is 4.57. The number of aryl methyl sites for hydroxylation is 1. The van der Waals surface area contributed by atoms with Crippen molar-refractivity contribution in [2.75, 3.05) is 23.5 Å². The van der Waals surface area contributed by atoms with Gasteiger partial charge in [0.1, 0.15) is 35.7 Å². The third-order valence-electron chi connectivity index (χ3n) is 7.43. The Morgan fingerprint density at radius 2 is 2.03 bits per heavy atom. The van der Waals surface area contributed by atoms with Crippen LogP contribution in [0.5, 0.6) is 5.75 Å². The number of hydrogen-bond donors (Lipinski definition) is 4. The lowest BCUT2D eigenvalue weighted by Crippen LogP contribution is -2.59. The van der Waals surface area contributed by atoms with Gasteiger partial charge in [0.25, 0.3) is 5.91 Å². The lowest BCUT2D eigenvalue weighted by molar-refractivity contribution is 0.0563. The van der Waals surface area contributed by atoms with Gasteiger partial charge in [-0.3, -0.25) is 10.2 Å². The molecule has 1 aromatic heterocycles. The zero-order valence-corrected chi connectivity index (χ0v) is 21.7. The molecule has 5 rings (SSSR count). The predicted molar refractivity (Wildman–Crippen MR) is 145 cm³/mol. The monoisotopic (exact) mass is 517 g/mol. The number of nitrogens with one attached hydrogen (secondary N) is 3. The van der Waals surface area contributed by atoms with E-state index in [1.54, 1.807) is 30.2 Å². The Hall–Kier alpha value is -4.21. The summed E-state index contributed by atoms with van der Waals surface area (Å²) in [5, 5.41) is 15.7. The maximum atomic E-state index is 14.7. The molecule has 0 radical (unpaired) electrons. The number of benzene rings is 2. The second kappa shape index (κ2) is 10.3. The lowest BCUT2D eigenvalue weighted by atomic mass is 9.99. The summed E-state index contributed by atoms with van der Waals surface area (Å²) in [6, 6.07) is 9.73. The molecule has 9 nitrogen and oxygen atoms in total.